The lowest BCUT2D eigenvalue weighted by atomic mass is 10.3. The molecule has 0 fully saturated rings. The molecule has 0 spiro atoms. The van der Waals surface area contributed by atoms with Crippen molar-refractivity contribution in [3.63, 3.8) is 0 Å². The van der Waals surface area contributed by atoms with Crippen LogP contribution in [-0.2, 0) is 6.18 Å². The van der Waals surface area contributed by atoms with Crippen LogP contribution in [0.3, 0.4) is 0 Å². The summed E-state index contributed by atoms with van der Waals surface area (Å²) in [4.78, 5) is 16.4. The van der Waals surface area contributed by atoms with E-state index >= 15 is 0 Å². The third kappa shape index (κ3) is 3.37. The van der Waals surface area contributed by atoms with Gasteiger partial charge in [-0.2, -0.15) is 13.2 Å². The Morgan fingerprint density at radius 2 is 2.00 bits per heavy atom. The molecule has 21 heavy (non-hydrogen) atoms. The summed E-state index contributed by atoms with van der Waals surface area (Å²) < 4.78 is 43.4. The van der Waals surface area contributed by atoms with Crippen molar-refractivity contribution >= 4 is 17.3 Å². The molecular formula is C11H5ClF3N3O3. The van der Waals surface area contributed by atoms with Gasteiger partial charge in [-0.1, -0.05) is 17.7 Å². The monoisotopic (exact) mass is 319 g/mol. The fraction of sp³-hybridized carbons (Fsp3) is 0.0909. The molecule has 1 aromatic carbocycles. The number of halogens is 4. The number of alkyl halides is 3. The molecule has 6 nitrogen and oxygen atoms in total. The Labute approximate surface area is 120 Å². The molecule has 0 aliphatic carbocycles. The highest BCUT2D eigenvalue weighted by Crippen LogP contribution is 2.40. The lowest BCUT2D eigenvalue weighted by molar-refractivity contribution is -0.384. The van der Waals surface area contributed by atoms with E-state index in [4.69, 9.17) is 16.3 Å². The number of nitro benzene ring substituents is 1. The fourth-order valence-electron chi connectivity index (χ4n) is 1.42. The van der Waals surface area contributed by atoms with E-state index < -0.39 is 27.7 Å². The summed E-state index contributed by atoms with van der Waals surface area (Å²) in [6.45, 7) is 0. The number of ether oxygens (including phenoxy) is 1. The number of rotatable bonds is 3. The van der Waals surface area contributed by atoms with Gasteiger partial charge in [0.25, 0.3) is 5.69 Å². The number of nitro groups is 1. The first-order chi connectivity index (χ1) is 9.79. The molecule has 0 saturated carbocycles. The molecule has 1 aromatic heterocycles. The van der Waals surface area contributed by atoms with Gasteiger partial charge in [-0.15, -0.1) is 0 Å². The van der Waals surface area contributed by atoms with Crippen molar-refractivity contribution in [3.05, 3.63) is 51.6 Å². The zero-order valence-electron chi connectivity index (χ0n) is 9.96. The van der Waals surface area contributed by atoms with Gasteiger partial charge in [0.1, 0.15) is 12.1 Å². The molecule has 0 radical (unpaired) electrons. The third-order valence-corrected chi connectivity index (χ3v) is 2.55. The third-order valence-electron chi connectivity index (χ3n) is 2.28. The summed E-state index contributed by atoms with van der Waals surface area (Å²) in [7, 11) is 0. The number of non-ortho nitro benzene ring substituents is 1. The summed E-state index contributed by atoms with van der Waals surface area (Å²) in [6, 6.07) is 4.64. The first kappa shape index (κ1) is 15.0. The Hall–Kier alpha value is -2.42. The van der Waals surface area contributed by atoms with Crippen molar-refractivity contribution in [2.75, 3.05) is 0 Å². The lowest BCUT2D eigenvalue weighted by Crippen LogP contribution is -2.11. The molecule has 0 bridgehead atoms. The first-order valence-corrected chi connectivity index (χ1v) is 5.67. The molecular weight excluding hydrogens is 315 g/mol. The molecule has 0 unspecified atom stereocenters. The zero-order chi connectivity index (χ0) is 15.6. The van der Waals surface area contributed by atoms with E-state index in [0.29, 0.717) is 6.33 Å². The molecule has 0 amide bonds. The normalized spacial score (nSPS) is 11.2. The topological polar surface area (TPSA) is 78.2 Å². The predicted molar refractivity (Wildman–Crippen MR) is 65.2 cm³/mol. The van der Waals surface area contributed by atoms with E-state index in [9.17, 15) is 23.3 Å². The number of aromatic nitrogens is 2. The second-order valence-corrected chi connectivity index (χ2v) is 4.05. The second kappa shape index (κ2) is 5.52. The number of hydrogen-bond donors (Lipinski definition) is 0. The maximum Gasteiger partial charge on any atom is 0.437 e. The molecule has 0 aliphatic rings. The smallest absolute Gasteiger partial charge is 0.437 e. The fourth-order valence-corrected chi connectivity index (χ4v) is 1.59. The zero-order valence-corrected chi connectivity index (χ0v) is 10.7. The average molecular weight is 320 g/mol. The van der Waals surface area contributed by atoms with E-state index in [1.807, 2.05) is 0 Å². The van der Waals surface area contributed by atoms with Crippen LogP contribution in [0.15, 0.2) is 30.6 Å². The number of benzene rings is 1. The van der Waals surface area contributed by atoms with Crippen molar-refractivity contribution in [1.29, 1.82) is 0 Å². The molecule has 10 heteroatoms. The van der Waals surface area contributed by atoms with Crippen molar-refractivity contribution in [3.8, 4) is 11.5 Å². The van der Waals surface area contributed by atoms with E-state index in [1.54, 1.807) is 0 Å². The molecule has 1 heterocycles. The van der Waals surface area contributed by atoms with Crippen LogP contribution in [0.25, 0.3) is 0 Å². The van der Waals surface area contributed by atoms with Gasteiger partial charge in [0.05, 0.1) is 11.0 Å². The summed E-state index contributed by atoms with van der Waals surface area (Å²) in [5.74, 6) is -1.00. The Morgan fingerprint density at radius 1 is 1.29 bits per heavy atom. The maximum atomic E-state index is 12.8. The number of hydrogen-bond acceptors (Lipinski definition) is 5. The highest BCUT2D eigenvalue weighted by Gasteiger charge is 2.38. The number of nitrogens with zero attached hydrogens (tertiary/aromatic N) is 3. The minimum Gasteiger partial charge on any atom is -0.452 e. The highest BCUT2D eigenvalue weighted by molar-refractivity contribution is 6.30. The van der Waals surface area contributed by atoms with Crippen molar-refractivity contribution in [2.24, 2.45) is 0 Å². The van der Waals surface area contributed by atoms with Crippen LogP contribution < -0.4 is 4.74 Å². The van der Waals surface area contributed by atoms with Crippen LogP contribution in [0.4, 0.5) is 18.9 Å². The van der Waals surface area contributed by atoms with E-state index in [0.717, 1.165) is 6.07 Å². The van der Waals surface area contributed by atoms with E-state index in [-0.39, 0.29) is 11.4 Å². The minimum atomic E-state index is -4.80. The predicted octanol–water partition coefficient (Wildman–Crippen LogP) is 3.85. The Balaban J connectivity index is 2.44. The Bertz CT molecular complexity index is 694. The van der Waals surface area contributed by atoms with E-state index in [1.165, 1.54) is 18.2 Å². The van der Waals surface area contributed by atoms with Crippen LogP contribution in [0, 0.1) is 10.1 Å². The van der Waals surface area contributed by atoms with Crippen molar-refractivity contribution < 1.29 is 22.8 Å². The summed E-state index contributed by atoms with van der Waals surface area (Å²) >= 11 is 5.58. The van der Waals surface area contributed by atoms with Crippen LogP contribution in [0.1, 0.15) is 5.69 Å². The largest absolute Gasteiger partial charge is 0.452 e. The SMILES string of the molecule is O=[N+]([O-])c1cccc(Oc2c(Cl)ncnc2C(F)(F)F)c1. The van der Waals surface area contributed by atoms with Gasteiger partial charge < -0.3 is 4.74 Å². The van der Waals surface area contributed by atoms with Crippen LogP contribution >= 0.6 is 11.6 Å². The van der Waals surface area contributed by atoms with Gasteiger partial charge in [0.2, 0.25) is 0 Å². The lowest BCUT2D eigenvalue weighted by Gasteiger charge is -2.12. The standard InChI is InChI=1S/C11H5ClF3N3O3/c12-10-8(9(11(13,14)15)16-5-17-10)21-7-3-1-2-6(4-7)18(19)20/h1-5H. The molecule has 2 rings (SSSR count). The summed E-state index contributed by atoms with van der Waals surface area (Å²) in [5.41, 5.74) is -1.71. The van der Waals surface area contributed by atoms with Gasteiger partial charge >= 0.3 is 6.18 Å². The molecule has 2 aromatic rings. The second-order valence-electron chi connectivity index (χ2n) is 3.70. The van der Waals surface area contributed by atoms with Crippen LogP contribution in [0.2, 0.25) is 5.15 Å². The van der Waals surface area contributed by atoms with Gasteiger partial charge in [-0.25, -0.2) is 9.97 Å². The Morgan fingerprint density at radius 3 is 2.62 bits per heavy atom. The highest BCUT2D eigenvalue weighted by atomic mass is 35.5. The first-order valence-electron chi connectivity index (χ1n) is 5.29. The van der Waals surface area contributed by atoms with Gasteiger partial charge in [0, 0.05) is 6.07 Å². The van der Waals surface area contributed by atoms with Gasteiger partial charge in [0.15, 0.2) is 16.6 Å². The van der Waals surface area contributed by atoms with Gasteiger partial charge in [-0.3, -0.25) is 10.1 Å². The molecule has 0 N–H and O–H groups in total. The average Bonchev–Trinajstić information content (AvgIpc) is 2.40. The summed E-state index contributed by atoms with van der Waals surface area (Å²) in [6.07, 6.45) is -4.16. The Kier molecular flexibility index (Phi) is 3.94. The molecule has 0 aliphatic heterocycles. The quantitative estimate of drug-likeness (QED) is 0.488. The molecule has 0 atom stereocenters. The van der Waals surface area contributed by atoms with Crippen molar-refractivity contribution in [1.82, 2.24) is 9.97 Å². The summed E-state index contributed by atoms with van der Waals surface area (Å²) in [5, 5.41) is 10.1. The minimum absolute atomic E-state index is 0.189. The molecule has 110 valence electrons. The van der Waals surface area contributed by atoms with Crippen molar-refractivity contribution in [2.45, 2.75) is 6.18 Å². The van der Waals surface area contributed by atoms with E-state index in [2.05, 4.69) is 9.97 Å². The molecule has 0 saturated heterocycles. The van der Waals surface area contributed by atoms with Gasteiger partial charge in [-0.05, 0) is 6.07 Å². The van der Waals surface area contributed by atoms with Crippen LogP contribution in [-0.4, -0.2) is 14.9 Å². The van der Waals surface area contributed by atoms with Crippen LogP contribution in [0.5, 0.6) is 11.5 Å². The maximum absolute atomic E-state index is 12.8.